The summed E-state index contributed by atoms with van der Waals surface area (Å²) in [7, 11) is 3.56. The molecule has 0 spiro atoms. The predicted octanol–water partition coefficient (Wildman–Crippen LogP) is 1.64. The molecule has 0 amide bonds. The van der Waals surface area contributed by atoms with Crippen molar-refractivity contribution in [1.29, 1.82) is 0 Å². The first kappa shape index (κ1) is 10.9. The molecular formula is C10H16ClN3O. The summed E-state index contributed by atoms with van der Waals surface area (Å²) in [4.78, 5) is 0. The van der Waals surface area contributed by atoms with E-state index in [4.69, 9.17) is 22.1 Å². The Kier molecular flexibility index (Phi) is 2.75. The van der Waals surface area contributed by atoms with Crippen LogP contribution >= 0.6 is 11.6 Å². The summed E-state index contributed by atoms with van der Waals surface area (Å²) in [6.07, 6.45) is 4.77. The van der Waals surface area contributed by atoms with Crippen LogP contribution in [0.3, 0.4) is 0 Å². The van der Waals surface area contributed by atoms with Gasteiger partial charge in [-0.05, 0) is 19.3 Å². The zero-order chi connectivity index (χ0) is 11.1. The summed E-state index contributed by atoms with van der Waals surface area (Å²) < 4.78 is 7.27. The Morgan fingerprint density at radius 1 is 1.67 bits per heavy atom. The van der Waals surface area contributed by atoms with Gasteiger partial charge in [-0.2, -0.15) is 5.10 Å². The predicted molar refractivity (Wildman–Crippen MR) is 58.7 cm³/mol. The van der Waals surface area contributed by atoms with E-state index in [-0.39, 0.29) is 11.6 Å². The fourth-order valence-corrected chi connectivity index (χ4v) is 2.47. The largest absolute Gasteiger partial charge is 0.376 e. The average Bonchev–Trinajstić information content (AvgIpc) is 2.45. The second kappa shape index (κ2) is 3.77. The molecule has 1 aromatic rings. The van der Waals surface area contributed by atoms with Crippen molar-refractivity contribution in [2.24, 2.45) is 12.8 Å². The molecule has 1 atom stereocenters. The molecule has 0 aliphatic heterocycles. The van der Waals surface area contributed by atoms with Crippen molar-refractivity contribution >= 4 is 11.6 Å². The van der Waals surface area contributed by atoms with Gasteiger partial charge in [0, 0.05) is 14.2 Å². The highest BCUT2D eigenvalue weighted by Gasteiger charge is 2.45. The molecule has 1 fully saturated rings. The second-order valence-electron chi connectivity index (χ2n) is 4.10. The fraction of sp³-hybridized carbons (Fsp3) is 0.700. The van der Waals surface area contributed by atoms with Crippen molar-refractivity contribution in [3.05, 3.63) is 16.9 Å². The highest BCUT2D eigenvalue weighted by Crippen LogP contribution is 2.44. The molecule has 1 aliphatic rings. The lowest BCUT2D eigenvalue weighted by Crippen LogP contribution is -2.49. The Hall–Kier alpha value is -0.580. The third kappa shape index (κ3) is 1.57. The topological polar surface area (TPSA) is 53.1 Å². The van der Waals surface area contributed by atoms with Crippen LogP contribution in [0.4, 0.5) is 0 Å². The molecule has 1 saturated carbocycles. The van der Waals surface area contributed by atoms with Crippen molar-refractivity contribution < 1.29 is 4.74 Å². The highest BCUT2D eigenvalue weighted by molar-refractivity contribution is 6.31. The van der Waals surface area contributed by atoms with Gasteiger partial charge in [-0.3, -0.25) is 4.68 Å². The van der Waals surface area contributed by atoms with Gasteiger partial charge in [-0.1, -0.05) is 11.6 Å². The Labute approximate surface area is 94.3 Å². The molecule has 0 aromatic carbocycles. The molecule has 84 valence electrons. The van der Waals surface area contributed by atoms with E-state index in [0.717, 1.165) is 25.0 Å². The number of aromatic nitrogens is 2. The monoisotopic (exact) mass is 229 g/mol. The molecule has 1 heterocycles. The molecule has 1 aliphatic carbocycles. The molecule has 2 rings (SSSR count). The van der Waals surface area contributed by atoms with Crippen LogP contribution in [0.5, 0.6) is 0 Å². The van der Waals surface area contributed by atoms with Gasteiger partial charge < -0.3 is 10.5 Å². The Morgan fingerprint density at radius 2 is 2.33 bits per heavy atom. The minimum atomic E-state index is -0.239. The van der Waals surface area contributed by atoms with Crippen LogP contribution in [-0.2, 0) is 11.8 Å². The number of nitrogens with zero attached hydrogens (tertiary/aromatic N) is 2. The van der Waals surface area contributed by atoms with Crippen molar-refractivity contribution in [1.82, 2.24) is 9.78 Å². The van der Waals surface area contributed by atoms with E-state index in [2.05, 4.69) is 5.10 Å². The lowest BCUT2D eigenvalue weighted by atomic mass is 9.73. The van der Waals surface area contributed by atoms with Crippen molar-refractivity contribution in [2.45, 2.75) is 30.9 Å². The number of methoxy groups -OCH3 is 1. The van der Waals surface area contributed by atoms with E-state index in [1.54, 1.807) is 18.0 Å². The summed E-state index contributed by atoms with van der Waals surface area (Å²) in [5, 5.41) is 4.71. The van der Waals surface area contributed by atoms with E-state index >= 15 is 0 Å². The van der Waals surface area contributed by atoms with Crippen LogP contribution in [-0.4, -0.2) is 22.5 Å². The maximum atomic E-state index is 6.22. The van der Waals surface area contributed by atoms with E-state index in [9.17, 15) is 0 Å². The van der Waals surface area contributed by atoms with Gasteiger partial charge in [0.05, 0.1) is 28.6 Å². The maximum Gasteiger partial charge on any atom is 0.0886 e. The Bertz CT molecular complexity index is 335. The number of rotatable bonds is 3. The zero-order valence-electron chi connectivity index (χ0n) is 9.03. The van der Waals surface area contributed by atoms with Crippen LogP contribution in [0.2, 0.25) is 5.02 Å². The van der Waals surface area contributed by atoms with Gasteiger partial charge in [0.25, 0.3) is 0 Å². The molecule has 0 radical (unpaired) electrons. The van der Waals surface area contributed by atoms with Crippen LogP contribution < -0.4 is 5.73 Å². The molecule has 5 heteroatoms. The molecule has 1 unspecified atom stereocenters. The summed E-state index contributed by atoms with van der Waals surface area (Å²) in [5.74, 6) is 0. The maximum absolute atomic E-state index is 6.22. The fourth-order valence-electron chi connectivity index (χ4n) is 2.19. The number of hydrogen-bond donors (Lipinski definition) is 1. The van der Waals surface area contributed by atoms with Gasteiger partial charge in [-0.25, -0.2) is 0 Å². The quantitative estimate of drug-likeness (QED) is 0.858. The van der Waals surface area contributed by atoms with Crippen molar-refractivity contribution in [3.8, 4) is 0 Å². The standard InChI is InChI=1S/C10H16ClN3O/c1-14-8(7(11)6-13-14)9(12)10(15-2)4-3-5-10/h6,9H,3-5,12H2,1-2H3. The Morgan fingerprint density at radius 3 is 2.67 bits per heavy atom. The summed E-state index contributed by atoms with van der Waals surface area (Å²) >= 11 is 6.07. The first-order valence-electron chi connectivity index (χ1n) is 5.09. The number of ether oxygens (including phenoxy) is 1. The molecule has 15 heavy (non-hydrogen) atoms. The normalized spacial score (nSPS) is 21.1. The first-order chi connectivity index (χ1) is 7.10. The van der Waals surface area contributed by atoms with Crippen LogP contribution in [0.1, 0.15) is 31.0 Å². The average molecular weight is 230 g/mol. The van der Waals surface area contributed by atoms with E-state index < -0.39 is 0 Å². The van der Waals surface area contributed by atoms with Crippen molar-refractivity contribution in [3.63, 3.8) is 0 Å². The van der Waals surface area contributed by atoms with Gasteiger partial charge in [0.1, 0.15) is 0 Å². The molecule has 4 nitrogen and oxygen atoms in total. The SMILES string of the molecule is COC1(C(N)c2c(Cl)cnn2C)CCC1. The number of halogens is 1. The third-order valence-electron chi connectivity index (χ3n) is 3.41. The lowest BCUT2D eigenvalue weighted by molar-refractivity contribution is -0.0926. The highest BCUT2D eigenvalue weighted by atomic mass is 35.5. The molecule has 1 aromatic heterocycles. The zero-order valence-corrected chi connectivity index (χ0v) is 9.79. The van der Waals surface area contributed by atoms with Gasteiger partial charge in [0.15, 0.2) is 0 Å². The van der Waals surface area contributed by atoms with Crippen LogP contribution in [0.25, 0.3) is 0 Å². The summed E-state index contributed by atoms with van der Waals surface area (Å²) in [6, 6.07) is -0.198. The lowest BCUT2D eigenvalue weighted by Gasteiger charge is -2.44. The van der Waals surface area contributed by atoms with Gasteiger partial charge in [-0.15, -0.1) is 0 Å². The van der Waals surface area contributed by atoms with Gasteiger partial charge >= 0.3 is 0 Å². The van der Waals surface area contributed by atoms with E-state index in [0.29, 0.717) is 5.02 Å². The number of aryl methyl sites for hydroxylation is 1. The van der Waals surface area contributed by atoms with Crippen molar-refractivity contribution in [2.75, 3.05) is 7.11 Å². The minimum absolute atomic E-state index is 0.198. The molecule has 0 saturated heterocycles. The number of nitrogens with two attached hydrogens (primary N) is 1. The smallest absolute Gasteiger partial charge is 0.0886 e. The second-order valence-corrected chi connectivity index (χ2v) is 4.51. The Balaban J connectivity index is 2.31. The molecular weight excluding hydrogens is 214 g/mol. The van der Waals surface area contributed by atoms with Crippen LogP contribution in [0.15, 0.2) is 6.20 Å². The number of hydrogen-bond acceptors (Lipinski definition) is 3. The van der Waals surface area contributed by atoms with Gasteiger partial charge in [0.2, 0.25) is 0 Å². The molecule has 0 bridgehead atoms. The van der Waals surface area contributed by atoms with Crippen LogP contribution in [0, 0.1) is 0 Å². The van der Waals surface area contributed by atoms with E-state index in [1.165, 1.54) is 0 Å². The van der Waals surface area contributed by atoms with E-state index in [1.807, 2.05) is 7.05 Å². The minimum Gasteiger partial charge on any atom is -0.376 e. The molecule has 2 N–H and O–H groups in total. The summed E-state index contributed by atoms with van der Waals surface area (Å²) in [5.41, 5.74) is 6.84. The third-order valence-corrected chi connectivity index (χ3v) is 3.70. The summed E-state index contributed by atoms with van der Waals surface area (Å²) in [6.45, 7) is 0. The first-order valence-corrected chi connectivity index (χ1v) is 5.46.